The minimum absolute atomic E-state index is 0.109. The number of benzene rings is 1. The van der Waals surface area contributed by atoms with Crippen molar-refractivity contribution in [2.45, 2.75) is 13.0 Å². The van der Waals surface area contributed by atoms with Gasteiger partial charge in [0.05, 0.1) is 17.5 Å². The molecule has 0 spiro atoms. The van der Waals surface area contributed by atoms with Gasteiger partial charge in [-0.2, -0.15) is 0 Å². The zero-order chi connectivity index (χ0) is 13.1. The molecular formula is C10H13BrClNO3S. The summed E-state index contributed by atoms with van der Waals surface area (Å²) in [5, 5.41) is 0.464. The standard InChI is InChI=1S/C10H13BrClNO3S/c1-7(16-2)6-17(14,15)13-10-5-8(12)3-4-9(10)11/h3-5,7,13H,6H2,1-2H3. The first-order valence-corrected chi connectivity index (χ1v) is 7.64. The topological polar surface area (TPSA) is 55.4 Å². The molecule has 1 unspecified atom stereocenters. The third-order valence-electron chi connectivity index (χ3n) is 2.05. The number of ether oxygens (including phenoxy) is 1. The average molecular weight is 343 g/mol. The molecule has 0 saturated heterocycles. The number of anilines is 1. The van der Waals surface area contributed by atoms with Crippen LogP contribution >= 0.6 is 27.5 Å². The van der Waals surface area contributed by atoms with Gasteiger partial charge in [0, 0.05) is 16.6 Å². The largest absolute Gasteiger partial charge is 0.381 e. The van der Waals surface area contributed by atoms with Gasteiger partial charge < -0.3 is 4.74 Å². The van der Waals surface area contributed by atoms with Gasteiger partial charge in [0.25, 0.3) is 0 Å². The van der Waals surface area contributed by atoms with E-state index in [4.69, 9.17) is 16.3 Å². The molecule has 1 N–H and O–H groups in total. The number of rotatable bonds is 5. The van der Waals surface area contributed by atoms with E-state index in [0.29, 0.717) is 15.2 Å². The third-order valence-corrected chi connectivity index (χ3v) is 4.42. The van der Waals surface area contributed by atoms with Crippen molar-refractivity contribution >= 4 is 43.2 Å². The summed E-state index contributed by atoms with van der Waals surface area (Å²) in [6.07, 6.45) is -0.370. The molecular weight excluding hydrogens is 330 g/mol. The summed E-state index contributed by atoms with van der Waals surface area (Å²) in [5.41, 5.74) is 0.417. The van der Waals surface area contributed by atoms with Crippen LogP contribution in [0.3, 0.4) is 0 Å². The van der Waals surface area contributed by atoms with E-state index >= 15 is 0 Å². The smallest absolute Gasteiger partial charge is 0.235 e. The Morgan fingerprint density at radius 1 is 1.53 bits per heavy atom. The number of methoxy groups -OCH3 is 1. The first-order valence-electron chi connectivity index (χ1n) is 4.82. The summed E-state index contributed by atoms with van der Waals surface area (Å²) in [5.74, 6) is -0.109. The van der Waals surface area contributed by atoms with Gasteiger partial charge in [-0.25, -0.2) is 8.42 Å². The van der Waals surface area contributed by atoms with Crippen LogP contribution in [0.15, 0.2) is 22.7 Å². The van der Waals surface area contributed by atoms with Crippen molar-refractivity contribution in [2.24, 2.45) is 0 Å². The molecule has 1 atom stereocenters. The van der Waals surface area contributed by atoms with Crippen LogP contribution in [-0.2, 0) is 14.8 Å². The molecule has 1 rings (SSSR count). The Morgan fingerprint density at radius 2 is 2.18 bits per heavy atom. The van der Waals surface area contributed by atoms with Gasteiger partial charge in [-0.1, -0.05) is 11.6 Å². The highest BCUT2D eigenvalue weighted by Crippen LogP contribution is 2.26. The van der Waals surface area contributed by atoms with Gasteiger partial charge >= 0.3 is 0 Å². The van der Waals surface area contributed by atoms with Gasteiger partial charge in [-0.3, -0.25) is 4.72 Å². The van der Waals surface area contributed by atoms with Crippen LogP contribution in [0.4, 0.5) is 5.69 Å². The van der Waals surface area contributed by atoms with Crippen molar-refractivity contribution in [1.29, 1.82) is 0 Å². The van der Waals surface area contributed by atoms with Gasteiger partial charge in [-0.05, 0) is 41.1 Å². The molecule has 7 heteroatoms. The summed E-state index contributed by atoms with van der Waals surface area (Å²) < 4.78 is 31.6. The molecule has 4 nitrogen and oxygen atoms in total. The van der Waals surface area contributed by atoms with Crippen molar-refractivity contribution in [3.05, 3.63) is 27.7 Å². The van der Waals surface area contributed by atoms with Gasteiger partial charge in [0.2, 0.25) is 10.0 Å². The Kier molecular flexibility index (Phi) is 5.24. The quantitative estimate of drug-likeness (QED) is 0.895. The highest BCUT2D eigenvalue weighted by molar-refractivity contribution is 9.10. The predicted octanol–water partition coefficient (Wildman–Crippen LogP) is 2.88. The number of halogens is 2. The fraction of sp³-hybridized carbons (Fsp3) is 0.400. The number of sulfonamides is 1. The number of hydrogen-bond donors (Lipinski definition) is 1. The average Bonchev–Trinajstić information content (AvgIpc) is 2.22. The van der Waals surface area contributed by atoms with Crippen molar-refractivity contribution in [1.82, 2.24) is 0 Å². The maximum absolute atomic E-state index is 11.8. The molecule has 17 heavy (non-hydrogen) atoms. The highest BCUT2D eigenvalue weighted by atomic mass is 79.9. The van der Waals surface area contributed by atoms with E-state index < -0.39 is 10.0 Å². The summed E-state index contributed by atoms with van der Waals surface area (Å²) in [6.45, 7) is 1.69. The molecule has 0 heterocycles. The lowest BCUT2D eigenvalue weighted by molar-refractivity contribution is 0.136. The zero-order valence-corrected chi connectivity index (χ0v) is 12.6. The molecule has 1 aromatic rings. The first kappa shape index (κ1) is 14.8. The second kappa shape index (κ2) is 6.04. The Hall–Kier alpha value is -0.300. The Labute approximate surface area is 114 Å². The summed E-state index contributed by atoms with van der Waals surface area (Å²) in [6, 6.07) is 4.89. The van der Waals surface area contributed by atoms with Crippen molar-refractivity contribution in [3.8, 4) is 0 Å². The molecule has 0 aliphatic heterocycles. The molecule has 0 bridgehead atoms. The van der Waals surface area contributed by atoms with Crippen molar-refractivity contribution in [3.63, 3.8) is 0 Å². The van der Waals surface area contributed by atoms with E-state index in [-0.39, 0.29) is 11.9 Å². The molecule has 1 aromatic carbocycles. The molecule has 0 aliphatic rings. The predicted molar refractivity (Wildman–Crippen MR) is 73.0 cm³/mol. The molecule has 0 aliphatic carbocycles. The number of hydrogen-bond acceptors (Lipinski definition) is 3. The van der Waals surface area contributed by atoms with Gasteiger partial charge in [0.1, 0.15) is 0 Å². The summed E-state index contributed by atoms with van der Waals surface area (Å²) in [4.78, 5) is 0. The normalized spacial score (nSPS) is 13.4. The number of nitrogens with one attached hydrogen (secondary N) is 1. The Morgan fingerprint density at radius 3 is 2.76 bits per heavy atom. The van der Waals surface area contributed by atoms with Crippen LogP contribution in [0.5, 0.6) is 0 Å². The third kappa shape index (κ3) is 4.83. The zero-order valence-electron chi connectivity index (χ0n) is 9.41. The molecule has 0 radical (unpaired) electrons. The summed E-state index contributed by atoms with van der Waals surface area (Å²) >= 11 is 9.05. The van der Waals surface area contributed by atoms with Crippen LogP contribution in [0.2, 0.25) is 5.02 Å². The van der Waals surface area contributed by atoms with E-state index in [1.165, 1.54) is 7.11 Å². The Bertz CT molecular complexity index is 492. The second-order valence-electron chi connectivity index (χ2n) is 3.55. The second-order valence-corrected chi connectivity index (χ2v) is 6.61. The maximum atomic E-state index is 11.8. The molecule has 0 amide bonds. The van der Waals surface area contributed by atoms with Crippen molar-refractivity contribution in [2.75, 3.05) is 17.6 Å². The molecule has 0 fully saturated rings. The maximum Gasteiger partial charge on any atom is 0.235 e. The van der Waals surface area contributed by atoms with E-state index in [1.807, 2.05) is 0 Å². The van der Waals surface area contributed by atoms with E-state index in [0.717, 1.165) is 0 Å². The molecule has 0 aromatic heterocycles. The van der Waals surface area contributed by atoms with Crippen LogP contribution < -0.4 is 4.72 Å². The lowest BCUT2D eigenvalue weighted by atomic mass is 10.3. The molecule has 96 valence electrons. The van der Waals surface area contributed by atoms with Crippen molar-refractivity contribution < 1.29 is 13.2 Å². The van der Waals surface area contributed by atoms with E-state index in [9.17, 15) is 8.42 Å². The fourth-order valence-electron chi connectivity index (χ4n) is 1.16. The monoisotopic (exact) mass is 341 g/mol. The van der Waals surface area contributed by atoms with E-state index in [2.05, 4.69) is 20.7 Å². The van der Waals surface area contributed by atoms with Crippen LogP contribution in [-0.4, -0.2) is 27.4 Å². The van der Waals surface area contributed by atoms with Crippen LogP contribution in [0, 0.1) is 0 Å². The summed E-state index contributed by atoms with van der Waals surface area (Å²) in [7, 11) is -1.98. The lowest BCUT2D eigenvalue weighted by Crippen LogP contribution is -2.25. The first-order chi connectivity index (χ1) is 7.84. The van der Waals surface area contributed by atoms with Gasteiger partial charge in [0.15, 0.2) is 0 Å². The minimum Gasteiger partial charge on any atom is -0.381 e. The lowest BCUT2D eigenvalue weighted by Gasteiger charge is -2.13. The molecule has 0 saturated carbocycles. The Balaban J connectivity index is 2.86. The fourth-order valence-corrected chi connectivity index (χ4v) is 3.15. The highest BCUT2D eigenvalue weighted by Gasteiger charge is 2.16. The van der Waals surface area contributed by atoms with Gasteiger partial charge in [-0.15, -0.1) is 0 Å². The van der Waals surface area contributed by atoms with Crippen LogP contribution in [0.1, 0.15) is 6.92 Å². The SMILES string of the molecule is COC(C)CS(=O)(=O)Nc1cc(Cl)ccc1Br. The van der Waals surface area contributed by atoms with Crippen LogP contribution in [0.25, 0.3) is 0 Å². The minimum atomic E-state index is -3.45. The van der Waals surface area contributed by atoms with E-state index in [1.54, 1.807) is 25.1 Å².